The van der Waals surface area contributed by atoms with E-state index in [4.69, 9.17) is 14.2 Å². The lowest BCUT2D eigenvalue weighted by Crippen LogP contribution is -2.49. The molecular weight excluding hydrogens is 374 g/mol. The van der Waals surface area contributed by atoms with Crippen LogP contribution >= 0.6 is 0 Å². The molecule has 1 aliphatic rings. The van der Waals surface area contributed by atoms with Crippen molar-refractivity contribution in [2.75, 3.05) is 26.3 Å². The van der Waals surface area contributed by atoms with Crippen LogP contribution in [0.4, 0.5) is 4.79 Å². The molecule has 0 unspecified atom stereocenters. The van der Waals surface area contributed by atoms with Crippen molar-refractivity contribution in [1.29, 1.82) is 0 Å². The van der Waals surface area contributed by atoms with Gasteiger partial charge >= 0.3 is 12.1 Å². The van der Waals surface area contributed by atoms with E-state index in [1.54, 1.807) is 4.90 Å². The predicted octanol–water partition coefficient (Wildman–Crippen LogP) is 3.29. The molecule has 1 aromatic rings. The molecule has 162 valence electrons. The van der Waals surface area contributed by atoms with Crippen LogP contribution in [0, 0.1) is 0 Å². The van der Waals surface area contributed by atoms with Gasteiger partial charge in [0.2, 0.25) is 0 Å². The molecule has 0 saturated carbocycles. The van der Waals surface area contributed by atoms with Crippen LogP contribution in [0.25, 0.3) is 0 Å². The normalized spacial score (nSPS) is 16.3. The van der Waals surface area contributed by atoms with E-state index >= 15 is 0 Å². The van der Waals surface area contributed by atoms with Gasteiger partial charge in [-0.25, -0.2) is 4.79 Å². The van der Waals surface area contributed by atoms with E-state index < -0.39 is 11.2 Å². The van der Waals surface area contributed by atoms with Crippen LogP contribution in [0.1, 0.15) is 52.0 Å². The Hall–Kier alpha value is -2.12. The summed E-state index contributed by atoms with van der Waals surface area (Å²) in [5.74, 6) is -0.248. The average molecular weight is 408 g/mol. The van der Waals surface area contributed by atoms with E-state index in [0.29, 0.717) is 39.0 Å². The third-order valence-corrected chi connectivity index (χ3v) is 4.62. The molecule has 1 N–H and O–H groups in total. The molecular formula is C22H33NO6. The van der Waals surface area contributed by atoms with E-state index in [-0.39, 0.29) is 31.7 Å². The first-order valence-corrected chi connectivity index (χ1v) is 10.1. The molecule has 1 heterocycles. The standard InChI is InChI=1S/C22H33NO6/c1-21(2,3)29-19(24)10-7-15-27-17-22(26)11-13-23(14-12-22)20(25)28-16-18-8-5-4-6-9-18/h4-6,8-9,26H,7,10-17H2,1-3H3. The van der Waals surface area contributed by atoms with Crippen molar-refractivity contribution in [3.05, 3.63) is 35.9 Å². The molecule has 0 aromatic heterocycles. The summed E-state index contributed by atoms with van der Waals surface area (Å²) in [4.78, 5) is 25.5. The Morgan fingerprint density at radius 3 is 2.41 bits per heavy atom. The number of hydrogen-bond donors (Lipinski definition) is 1. The Labute approximate surface area is 172 Å². The number of benzene rings is 1. The number of aliphatic hydroxyl groups is 1. The van der Waals surface area contributed by atoms with Crippen molar-refractivity contribution in [2.45, 2.75) is 64.3 Å². The number of carbonyl (C=O) groups is 2. The van der Waals surface area contributed by atoms with E-state index in [1.165, 1.54) is 0 Å². The molecule has 7 nitrogen and oxygen atoms in total. The SMILES string of the molecule is CC(C)(C)OC(=O)CCCOCC1(O)CCN(C(=O)OCc2ccccc2)CC1. The summed E-state index contributed by atoms with van der Waals surface area (Å²) in [6.07, 6.45) is 1.33. The lowest BCUT2D eigenvalue weighted by atomic mass is 9.92. The first-order valence-electron chi connectivity index (χ1n) is 10.1. The van der Waals surface area contributed by atoms with E-state index in [1.807, 2.05) is 51.1 Å². The highest BCUT2D eigenvalue weighted by Gasteiger charge is 2.34. The molecule has 1 aromatic carbocycles. The quantitative estimate of drug-likeness (QED) is 0.526. The maximum Gasteiger partial charge on any atom is 0.410 e. The minimum Gasteiger partial charge on any atom is -0.460 e. The Kier molecular flexibility index (Phi) is 8.46. The summed E-state index contributed by atoms with van der Waals surface area (Å²) in [6, 6.07) is 9.52. The van der Waals surface area contributed by atoms with Crippen molar-refractivity contribution in [3.8, 4) is 0 Å². The highest BCUT2D eigenvalue weighted by atomic mass is 16.6. The van der Waals surface area contributed by atoms with Crippen LogP contribution in [-0.4, -0.2) is 59.6 Å². The Morgan fingerprint density at radius 2 is 1.79 bits per heavy atom. The first-order chi connectivity index (χ1) is 13.7. The van der Waals surface area contributed by atoms with Crippen molar-refractivity contribution < 1.29 is 28.9 Å². The minimum absolute atomic E-state index is 0.189. The maximum absolute atomic E-state index is 12.2. The topological polar surface area (TPSA) is 85.3 Å². The van der Waals surface area contributed by atoms with Gasteiger partial charge in [-0.05, 0) is 45.6 Å². The number of likely N-dealkylation sites (tertiary alicyclic amines) is 1. The molecule has 1 saturated heterocycles. The zero-order valence-corrected chi connectivity index (χ0v) is 17.7. The van der Waals surface area contributed by atoms with Crippen LogP contribution in [-0.2, 0) is 25.6 Å². The zero-order chi connectivity index (χ0) is 21.3. The van der Waals surface area contributed by atoms with Gasteiger partial charge in [0.05, 0.1) is 12.2 Å². The third kappa shape index (κ3) is 8.83. The summed E-state index contributed by atoms with van der Waals surface area (Å²) in [7, 11) is 0. The fraction of sp³-hybridized carbons (Fsp3) is 0.636. The number of rotatable bonds is 8. The van der Waals surface area contributed by atoms with Gasteiger partial charge in [0.15, 0.2) is 0 Å². The van der Waals surface area contributed by atoms with Gasteiger partial charge in [0.25, 0.3) is 0 Å². The number of carbonyl (C=O) groups excluding carboxylic acids is 2. The Balaban J connectivity index is 1.60. The number of piperidine rings is 1. The van der Waals surface area contributed by atoms with Crippen LogP contribution in [0.15, 0.2) is 30.3 Å². The molecule has 0 radical (unpaired) electrons. The van der Waals surface area contributed by atoms with E-state index in [9.17, 15) is 14.7 Å². The van der Waals surface area contributed by atoms with Gasteiger partial charge in [-0.3, -0.25) is 4.79 Å². The number of esters is 1. The van der Waals surface area contributed by atoms with Crippen LogP contribution in [0.3, 0.4) is 0 Å². The van der Waals surface area contributed by atoms with Crippen molar-refractivity contribution >= 4 is 12.1 Å². The zero-order valence-electron chi connectivity index (χ0n) is 17.7. The van der Waals surface area contributed by atoms with Gasteiger partial charge in [-0.2, -0.15) is 0 Å². The Morgan fingerprint density at radius 1 is 1.14 bits per heavy atom. The predicted molar refractivity (Wildman–Crippen MR) is 108 cm³/mol. The smallest absolute Gasteiger partial charge is 0.410 e. The molecule has 0 bridgehead atoms. The molecule has 2 rings (SSSR count). The molecule has 0 atom stereocenters. The van der Waals surface area contributed by atoms with Gasteiger partial charge in [0.1, 0.15) is 12.2 Å². The van der Waals surface area contributed by atoms with E-state index in [0.717, 1.165) is 5.56 Å². The first kappa shape index (κ1) is 23.2. The van der Waals surface area contributed by atoms with Crippen molar-refractivity contribution in [1.82, 2.24) is 4.90 Å². The molecule has 29 heavy (non-hydrogen) atoms. The fourth-order valence-corrected chi connectivity index (χ4v) is 3.03. The minimum atomic E-state index is -0.956. The molecule has 0 aliphatic carbocycles. The molecule has 1 fully saturated rings. The monoisotopic (exact) mass is 407 g/mol. The van der Waals surface area contributed by atoms with Crippen molar-refractivity contribution in [2.24, 2.45) is 0 Å². The summed E-state index contributed by atoms with van der Waals surface area (Å²) < 4.78 is 16.1. The molecule has 7 heteroatoms. The second-order valence-electron chi connectivity index (χ2n) is 8.49. The highest BCUT2D eigenvalue weighted by Crippen LogP contribution is 2.23. The van der Waals surface area contributed by atoms with Gasteiger partial charge in [-0.15, -0.1) is 0 Å². The average Bonchev–Trinajstić information content (AvgIpc) is 2.66. The van der Waals surface area contributed by atoms with Crippen LogP contribution < -0.4 is 0 Å². The Bertz CT molecular complexity index is 647. The van der Waals surface area contributed by atoms with Crippen LogP contribution in [0.2, 0.25) is 0 Å². The van der Waals surface area contributed by atoms with E-state index in [2.05, 4.69) is 0 Å². The maximum atomic E-state index is 12.2. The summed E-state index contributed by atoms with van der Waals surface area (Å²) in [5, 5.41) is 10.6. The molecule has 0 spiro atoms. The lowest BCUT2D eigenvalue weighted by molar-refractivity contribution is -0.155. The van der Waals surface area contributed by atoms with Gasteiger partial charge in [-0.1, -0.05) is 30.3 Å². The summed E-state index contributed by atoms with van der Waals surface area (Å²) in [6.45, 7) is 7.15. The largest absolute Gasteiger partial charge is 0.460 e. The van der Waals surface area contributed by atoms with Gasteiger partial charge < -0.3 is 24.2 Å². The van der Waals surface area contributed by atoms with Crippen LogP contribution in [0.5, 0.6) is 0 Å². The fourth-order valence-electron chi connectivity index (χ4n) is 3.03. The molecule has 1 aliphatic heterocycles. The summed E-state index contributed by atoms with van der Waals surface area (Å²) in [5.41, 5.74) is -0.500. The number of amides is 1. The summed E-state index contributed by atoms with van der Waals surface area (Å²) >= 11 is 0. The van der Waals surface area contributed by atoms with Gasteiger partial charge in [0, 0.05) is 26.1 Å². The highest BCUT2D eigenvalue weighted by molar-refractivity contribution is 5.69. The number of ether oxygens (including phenoxy) is 3. The molecule has 1 amide bonds. The lowest BCUT2D eigenvalue weighted by Gasteiger charge is -2.37. The van der Waals surface area contributed by atoms with Crippen molar-refractivity contribution in [3.63, 3.8) is 0 Å². The number of nitrogens with zero attached hydrogens (tertiary/aromatic N) is 1. The number of hydrogen-bond acceptors (Lipinski definition) is 6. The second kappa shape index (κ2) is 10.6. The third-order valence-electron chi connectivity index (χ3n) is 4.62. The second-order valence-corrected chi connectivity index (χ2v) is 8.49.